The minimum absolute atomic E-state index is 0.0537. The fourth-order valence-electron chi connectivity index (χ4n) is 4.09. The van der Waals surface area contributed by atoms with E-state index in [0.717, 1.165) is 32.0 Å². The van der Waals surface area contributed by atoms with E-state index in [1.165, 1.54) is 32.4 Å². The first-order chi connectivity index (χ1) is 12.9. The van der Waals surface area contributed by atoms with Gasteiger partial charge < -0.3 is 14.5 Å². The van der Waals surface area contributed by atoms with Crippen LogP contribution in [-0.4, -0.2) is 54.5 Å². The number of halogens is 2. The van der Waals surface area contributed by atoms with Crippen molar-refractivity contribution in [1.29, 1.82) is 0 Å². The largest absolute Gasteiger partial charge is 0.481 e. The van der Waals surface area contributed by atoms with Gasteiger partial charge in [0.25, 0.3) is 5.91 Å². The monoisotopic (exact) mass is 412 g/mol. The third-order valence-electron chi connectivity index (χ3n) is 5.78. The normalized spacial score (nSPS) is 23.3. The zero-order valence-electron chi connectivity index (χ0n) is 16.3. The van der Waals surface area contributed by atoms with Gasteiger partial charge in [0.05, 0.1) is 10.0 Å². The Balaban J connectivity index is 1.51. The molecule has 0 aromatic heterocycles. The van der Waals surface area contributed by atoms with Crippen LogP contribution in [0.25, 0.3) is 0 Å². The molecule has 1 aromatic rings. The third kappa shape index (κ3) is 5.75. The highest BCUT2D eigenvalue weighted by Gasteiger charge is 2.29. The zero-order valence-corrected chi connectivity index (χ0v) is 17.8. The van der Waals surface area contributed by atoms with Crippen LogP contribution < -0.4 is 4.74 Å². The molecule has 0 N–H and O–H groups in total. The van der Waals surface area contributed by atoms with Crippen molar-refractivity contribution in [1.82, 2.24) is 9.80 Å². The van der Waals surface area contributed by atoms with Crippen LogP contribution in [0.5, 0.6) is 5.75 Å². The predicted octanol–water partition coefficient (Wildman–Crippen LogP) is 4.73. The fraction of sp³-hybridized carbons (Fsp3) is 0.667. The topological polar surface area (TPSA) is 32.8 Å². The van der Waals surface area contributed by atoms with E-state index in [1.54, 1.807) is 25.1 Å². The smallest absolute Gasteiger partial charge is 0.263 e. The van der Waals surface area contributed by atoms with Crippen molar-refractivity contribution in [2.24, 2.45) is 11.8 Å². The molecule has 0 aliphatic carbocycles. The van der Waals surface area contributed by atoms with Crippen LogP contribution in [0.15, 0.2) is 18.2 Å². The summed E-state index contributed by atoms with van der Waals surface area (Å²) in [7, 11) is 0. The number of amides is 1. The number of carbonyl (C=O) groups is 1. The summed E-state index contributed by atoms with van der Waals surface area (Å²) in [5.74, 6) is 2.04. The van der Waals surface area contributed by atoms with Crippen molar-refractivity contribution in [2.75, 3.05) is 32.7 Å². The Hall–Kier alpha value is -0.970. The van der Waals surface area contributed by atoms with Crippen LogP contribution >= 0.6 is 23.2 Å². The predicted molar refractivity (Wildman–Crippen MR) is 111 cm³/mol. The Labute approximate surface area is 172 Å². The SMILES string of the molecule is CC1CCN(CC2CCCN(C(=O)C(C)Oc3ccc(Cl)c(Cl)c3)C2)CC1. The van der Waals surface area contributed by atoms with Crippen molar-refractivity contribution in [3.8, 4) is 5.75 Å². The van der Waals surface area contributed by atoms with Crippen LogP contribution in [0.1, 0.15) is 39.5 Å². The summed E-state index contributed by atoms with van der Waals surface area (Å²) >= 11 is 12.0. The van der Waals surface area contributed by atoms with Gasteiger partial charge in [-0.1, -0.05) is 30.1 Å². The lowest BCUT2D eigenvalue weighted by atomic mass is 9.94. The van der Waals surface area contributed by atoms with Gasteiger partial charge in [-0.15, -0.1) is 0 Å². The number of carbonyl (C=O) groups excluding carboxylic acids is 1. The fourth-order valence-corrected chi connectivity index (χ4v) is 4.37. The van der Waals surface area contributed by atoms with Crippen molar-refractivity contribution >= 4 is 29.1 Å². The molecule has 27 heavy (non-hydrogen) atoms. The summed E-state index contributed by atoms with van der Waals surface area (Å²) in [5, 5.41) is 0.914. The molecule has 0 bridgehead atoms. The van der Waals surface area contributed by atoms with Crippen LogP contribution in [0.2, 0.25) is 10.0 Å². The Morgan fingerprint density at radius 3 is 2.63 bits per heavy atom. The number of benzene rings is 1. The van der Waals surface area contributed by atoms with E-state index in [9.17, 15) is 4.79 Å². The van der Waals surface area contributed by atoms with Crippen LogP contribution in [0.3, 0.4) is 0 Å². The molecule has 0 radical (unpaired) electrons. The molecule has 1 amide bonds. The maximum absolute atomic E-state index is 12.9. The highest BCUT2D eigenvalue weighted by molar-refractivity contribution is 6.42. The molecule has 1 aromatic carbocycles. The van der Waals surface area contributed by atoms with Gasteiger partial charge in [-0.25, -0.2) is 0 Å². The Morgan fingerprint density at radius 1 is 1.19 bits per heavy atom. The average Bonchev–Trinajstić information content (AvgIpc) is 2.66. The number of nitrogens with zero attached hydrogens (tertiary/aromatic N) is 2. The van der Waals surface area contributed by atoms with E-state index in [2.05, 4.69) is 11.8 Å². The number of hydrogen-bond donors (Lipinski definition) is 0. The summed E-state index contributed by atoms with van der Waals surface area (Å²) in [6.07, 6.45) is 4.34. The third-order valence-corrected chi connectivity index (χ3v) is 6.51. The lowest BCUT2D eigenvalue weighted by molar-refractivity contribution is -0.140. The Kier molecular flexibility index (Phi) is 7.29. The van der Waals surface area contributed by atoms with Gasteiger partial charge in [-0.2, -0.15) is 0 Å². The van der Waals surface area contributed by atoms with Crippen LogP contribution in [0, 0.1) is 11.8 Å². The second-order valence-electron chi connectivity index (χ2n) is 8.11. The minimum Gasteiger partial charge on any atom is -0.481 e. The van der Waals surface area contributed by atoms with E-state index >= 15 is 0 Å². The van der Waals surface area contributed by atoms with Gasteiger partial charge >= 0.3 is 0 Å². The number of hydrogen-bond acceptors (Lipinski definition) is 3. The summed E-state index contributed by atoms with van der Waals surface area (Å²) in [6.45, 7) is 9.30. The molecule has 0 saturated carbocycles. The van der Waals surface area contributed by atoms with E-state index in [1.807, 2.05) is 4.90 Å². The maximum Gasteiger partial charge on any atom is 0.263 e. The minimum atomic E-state index is -0.531. The zero-order chi connectivity index (χ0) is 19.4. The van der Waals surface area contributed by atoms with Gasteiger partial charge in [0.15, 0.2) is 6.10 Å². The van der Waals surface area contributed by atoms with Crippen LogP contribution in [0.4, 0.5) is 0 Å². The molecule has 2 heterocycles. The molecule has 4 nitrogen and oxygen atoms in total. The lowest BCUT2D eigenvalue weighted by Gasteiger charge is -2.38. The Bertz CT molecular complexity index is 647. The van der Waals surface area contributed by atoms with Gasteiger partial charge in [0.1, 0.15) is 5.75 Å². The molecule has 0 spiro atoms. The average molecular weight is 413 g/mol. The van der Waals surface area contributed by atoms with E-state index in [0.29, 0.717) is 21.7 Å². The summed E-state index contributed by atoms with van der Waals surface area (Å²) in [6, 6.07) is 5.09. The van der Waals surface area contributed by atoms with E-state index in [-0.39, 0.29) is 5.91 Å². The molecule has 2 fully saturated rings. The van der Waals surface area contributed by atoms with Crippen molar-refractivity contribution in [2.45, 2.75) is 45.6 Å². The first kappa shape index (κ1) is 20.8. The van der Waals surface area contributed by atoms with Gasteiger partial charge in [-0.3, -0.25) is 4.79 Å². The molecule has 3 rings (SSSR count). The first-order valence-electron chi connectivity index (χ1n) is 10.0. The summed E-state index contributed by atoms with van der Waals surface area (Å²) < 4.78 is 5.82. The number of likely N-dealkylation sites (tertiary alicyclic amines) is 2. The molecule has 2 unspecified atom stereocenters. The van der Waals surface area contributed by atoms with Gasteiger partial charge in [0, 0.05) is 25.7 Å². The molecular formula is C21H30Cl2N2O2. The lowest BCUT2D eigenvalue weighted by Crippen LogP contribution is -2.48. The molecule has 150 valence electrons. The molecule has 2 atom stereocenters. The quantitative estimate of drug-likeness (QED) is 0.700. The highest BCUT2D eigenvalue weighted by atomic mass is 35.5. The molecule has 2 aliphatic rings. The number of rotatable bonds is 5. The van der Waals surface area contributed by atoms with Crippen LogP contribution in [-0.2, 0) is 4.79 Å². The number of ether oxygens (including phenoxy) is 1. The van der Waals surface area contributed by atoms with E-state index < -0.39 is 6.10 Å². The number of piperidine rings is 2. The summed E-state index contributed by atoms with van der Waals surface area (Å²) in [5.41, 5.74) is 0. The van der Waals surface area contributed by atoms with E-state index in [4.69, 9.17) is 27.9 Å². The van der Waals surface area contributed by atoms with Crippen molar-refractivity contribution in [3.63, 3.8) is 0 Å². The molecular weight excluding hydrogens is 383 g/mol. The second-order valence-corrected chi connectivity index (χ2v) is 8.93. The highest BCUT2D eigenvalue weighted by Crippen LogP contribution is 2.27. The summed E-state index contributed by atoms with van der Waals surface area (Å²) in [4.78, 5) is 17.4. The molecule has 6 heteroatoms. The molecule has 2 aliphatic heterocycles. The molecule has 2 saturated heterocycles. The maximum atomic E-state index is 12.9. The Morgan fingerprint density at radius 2 is 1.93 bits per heavy atom. The van der Waals surface area contributed by atoms with Crippen molar-refractivity contribution in [3.05, 3.63) is 28.2 Å². The van der Waals surface area contributed by atoms with Gasteiger partial charge in [0.2, 0.25) is 0 Å². The second kappa shape index (κ2) is 9.49. The first-order valence-corrected chi connectivity index (χ1v) is 10.8. The standard InChI is InChI=1S/C21H30Cl2N2O2/c1-15-7-10-24(11-8-15)13-17-4-3-9-25(14-17)21(26)16(2)27-18-5-6-19(22)20(23)12-18/h5-6,12,15-17H,3-4,7-11,13-14H2,1-2H3. The van der Waals surface area contributed by atoms with Crippen molar-refractivity contribution < 1.29 is 9.53 Å². The van der Waals surface area contributed by atoms with Gasteiger partial charge in [-0.05, 0) is 69.7 Å².